The Bertz CT molecular complexity index is 409. The van der Waals surface area contributed by atoms with Crippen molar-refractivity contribution in [1.29, 1.82) is 0 Å². The maximum atomic E-state index is 13.1. The summed E-state index contributed by atoms with van der Waals surface area (Å²) in [6, 6.07) is 2.09. The van der Waals surface area contributed by atoms with Crippen LogP contribution in [0.2, 0.25) is 0 Å². The third-order valence-corrected chi connectivity index (χ3v) is 2.68. The summed E-state index contributed by atoms with van der Waals surface area (Å²) in [5.41, 5.74) is 1.25. The molecule has 0 spiro atoms. The number of methoxy groups -OCH3 is 1. The molecule has 3 nitrogen and oxygen atoms in total. The number of halogens is 4. The van der Waals surface area contributed by atoms with Crippen LogP contribution in [-0.2, 0) is 10.9 Å². The topological polar surface area (TPSA) is 47.3 Å². The highest BCUT2D eigenvalue weighted by Gasteiger charge is 2.35. The summed E-state index contributed by atoms with van der Waals surface area (Å²) < 4.78 is 55.8. The van der Waals surface area contributed by atoms with E-state index in [2.05, 4.69) is 5.43 Å². The van der Waals surface area contributed by atoms with Gasteiger partial charge < -0.3 is 4.74 Å². The number of benzene rings is 1. The largest absolute Gasteiger partial charge is 0.419 e. The number of hydrogen-bond donors (Lipinski definition) is 2. The number of alkyl halides is 3. The van der Waals surface area contributed by atoms with Gasteiger partial charge in [-0.1, -0.05) is 6.07 Å². The van der Waals surface area contributed by atoms with Gasteiger partial charge in [-0.2, -0.15) is 13.2 Å². The first kappa shape index (κ1) is 14.9. The van der Waals surface area contributed by atoms with E-state index in [4.69, 9.17) is 10.6 Å². The first-order valence-electron chi connectivity index (χ1n) is 5.16. The van der Waals surface area contributed by atoms with E-state index < -0.39 is 29.7 Å². The molecule has 0 aliphatic heterocycles. The fraction of sp³-hybridized carbons (Fsp3) is 0.455. The number of ether oxygens (including phenoxy) is 1. The quantitative estimate of drug-likeness (QED) is 0.499. The van der Waals surface area contributed by atoms with Crippen LogP contribution in [0, 0.1) is 5.82 Å². The van der Waals surface area contributed by atoms with E-state index in [1.165, 1.54) is 13.2 Å². The molecule has 0 aliphatic carbocycles. The number of hydrazine groups is 1. The van der Waals surface area contributed by atoms with Gasteiger partial charge in [0.25, 0.3) is 0 Å². The van der Waals surface area contributed by atoms with Gasteiger partial charge in [-0.25, -0.2) is 4.39 Å². The van der Waals surface area contributed by atoms with Gasteiger partial charge in [0, 0.05) is 7.11 Å². The molecule has 1 rings (SSSR count). The van der Waals surface area contributed by atoms with Crippen LogP contribution >= 0.6 is 0 Å². The highest BCUT2D eigenvalue weighted by molar-refractivity contribution is 5.30. The van der Waals surface area contributed by atoms with Crippen LogP contribution in [0.3, 0.4) is 0 Å². The Balaban J connectivity index is 3.18. The molecule has 0 saturated carbocycles. The molecule has 102 valence electrons. The van der Waals surface area contributed by atoms with Crippen molar-refractivity contribution in [3.63, 3.8) is 0 Å². The van der Waals surface area contributed by atoms with Crippen molar-refractivity contribution in [3.8, 4) is 0 Å². The van der Waals surface area contributed by atoms with E-state index in [1.54, 1.807) is 6.92 Å². The Hall–Kier alpha value is -1.18. The number of rotatable bonds is 4. The molecule has 2 atom stereocenters. The number of nitrogens with one attached hydrogen (secondary N) is 1. The van der Waals surface area contributed by atoms with Crippen LogP contribution in [0.4, 0.5) is 17.6 Å². The Kier molecular flexibility index (Phi) is 4.66. The Morgan fingerprint density at radius 1 is 1.33 bits per heavy atom. The molecule has 2 unspecified atom stereocenters. The molecular formula is C11H14F4N2O. The van der Waals surface area contributed by atoms with Crippen LogP contribution < -0.4 is 11.3 Å². The summed E-state index contributed by atoms with van der Waals surface area (Å²) in [5.74, 6) is 3.96. The van der Waals surface area contributed by atoms with E-state index >= 15 is 0 Å². The minimum absolute atomic E-state index is 0.209. The summed E-state index contributed by atoms with van der Waals surface area (Å²) in [6.07, 6.45) is -5.20. The predicted molar refractivity (Wildman–Crippen MR) is 57.9 cm³/mol. The summed E-state index contributed by atoms with van der Waals surface area (Å²) >= 11 is 0. The van der Waals surface area contributed by atoms with Crippen molar-refractivity contribution >= 4 is 0 Å². The fourth-order valence-electron chi connectivity index (χ4n) is 1.59. The monoisotopic (exact) mass is 266 g/mol. The summed E-state index contributed by atoms with van der Waals surface area (Å²) in [7, 11) is 1.41. The molecule has 1 aromatic carbocycles. The molecule has 0 heterocycles. The van der Waals surface area contributed by atoms with Crippen molar-refractivity contribution in [3.05, 3.63) is 35.1 Å². The first-order valence-corrected chi connectivity index (χ1v) is 5.16. The van der Waals surface area contributed by atoms with Gasteiger partial charge in [0.15, 0.2) is 0 Å². The van der Waals surface area contributed by atoms with Gasteiger partial charge in [0.05, 0.1) is 17.7 Å². The van der Waals surface area contributed by atoms with E-state index in [0.717, 1.165) is 12.1 Å². The second-order valence-electron chi connectivity index (χ2n) is 3.82. The standard InChI is InChI=1S/C11H14F4N2O/c1-6(18-2)10(17-16)7-3-4-9(12)8(5-7)11(13,14)15/h3-6,10,17H,16H2,1-2H3. The lowest BCUT2D eigenvalue weighted by molar-refractivity contribution is -0.140. The molecule has 18 heavy (non-hydrogen) atoms. The lowest BCUT2D eigenvalue weighted by Crippen LogP contribution is -2.36. The van der Waals surface area contributed by atoms with Crippen LogP contribution in [0.5, 0.6) is 0 Å². The molecule has 3 N–H and O–H groups in total. The summed E-state index contributed by atoms with van der Waals surface area (Å²) in [4.78, 5) is 0. The smallest absolute Gasteiger partial charge is 0.380 e. The highest BCUT2D eigenvalue weighted by Crippen LogP contribution is 2.33. The number of hydrogen-bond acceptors (Lipinski definition) is 3. The third kappa shape index (κ3) is 3.18. The van der Waals surface area contributed by atoms with Crippen LogP contribution in [0.1, 0.15) is 24.1 Å². The minimum atomic E-state index is -4.74. The van der Waals surface area contributed by atoms with Crippen LogP contribution in [0.25, 0.3) is 0 Å². The zero-order valence-electron chi connectivity index (χ0n) is 9.88. The minimum Gasteiger partial charge on any atom is -0.380 e. The highest BCUT2D eigenvalue weighted by atomic mass is 19.4. The molecule has 0 aliphatic rings. The van der Waals surface area contributed by atoms with Gasteiger partial charge in [0.1, 0.15) is 5.82 Å². The normalized spacial score (nSPS) is 15.5. The summed E-state index contributed by atoms with van der Waals surface area (Å²) in [5, 5.41) is 0. The molecule has 0 saturated heterocycles. The SMILES string of the molecule is COC(C)C(NN)c1ccc(F)c(C(F)(F)F)c1. The first-order chi connectivity index (χ1) is 8.31. The van der Waals surface area contributed by atoms with Gasteiger partial charge in [0.2, 0.25) is 0 Å². The second kappa shape index (κ2) is 5.64. The van der Waals surface area contributed by atoms with Gasteiger partial charge in [-0.05, 0) is 24.6 Å². The molecule has 0 amide bonds. The van der Waals surface area contributed by atoms with Crippen LogP contribution in [0.15, 0.2) is 18.2 Å². The van der Waals surface area contributed by atoms with Crippen LogP contribution in [-0.4, -0.2) is 13.2 Å². The lowest BCUT2D eigenvalue weighted by atomic mass is 10.00. The average Bonchev–Trinajstić information content (AvgIpc) is 2.30. The zero-order valence-corrected chi connectivity index (χ0v) is 9.88. The van der Waals surface area contributed by atoms with E-state index in [-0.39, 0.29) is 5.56 Å². The lowest BCUT2D eigenvalue weighted by Gasteiger charge is -2.23. The van der Waals surface area contributed by atoms with Crippen molar-refractivity contribution in [1.82, 2.24) is 5.43 Å². The maximum absolute atomic E-state index is 13.1. The second-order valence-corrected chi connectivity index (χ2v) is 3.82. The Morgan fingerprint density at radius 3 is 2.39 bits per heavy atom. The third-order valence-electron chi connectivity index (χ3n) is 2.68. The van der Waals surface area contributed by atoms with Crippen molar-refractivity contribution in [2.24, 2.45) is 5.84 Å². The zero-order chi connectivity index (χ0) is 13.9. The van der Waals surface area contributed by atoms with Crippen molar-refractivity contribution in [2.45, 2.75) is 25.2 Å². The average molecular weight is 266 g/mol. The van der Waals surface area contributed by atoms with Crippen molar-refractivity contribution < 1.29 is 22.3 Å². The van der Waals surface area contributed by atoms with Gasteiger partial charge in [-0.3, -0.25) is 11.3 Å². The number of nitrogens with two attached hydrogens (primary N) is 1. The van der Waals surface area contributed by atoms with Gasteiger partial charge in [-0.15, -0.1) is 0 Å². The Labute approximate surface area is 102 Å². The van der Waals surface area contributed by atoms with Gasteiger partial charge >= 0.3 is 6.18 Å². The maximum Gasteiger partial charge on any atom is 0.419 e. The van der Waals surface area contributed by atoms with E-state index in [9.17, 15) is 17.6 Å². The predicted octanol–water partition coefficient (Wildman–Crippen LogP) is 2.38. The van der Waals surface area contributed by atoms with E-state index in [1.807, 2.05) is 0 Å². The molecular weight excluding hydrogens is 252 g/mol. The molecule has 0 aromatic heterocycles. The fourth-order valence-corrected chi connectivity index (χ4v) is 1.59. The Morgan fingerprint density at radius 2 is 1.94 bits per heavy atom. The molecule has 0 bridgehead atoms. The molecule has 7 heteroatoms. The van der Waals surface area contributed by atoms with Crippen molar-refractivity contribution in [2.75, 3.05) is 7.11 Å². The molecule has 0 radical (unpaired) electrons. The van der Waals surface area contributed by atoms with E-state index in [0.29, 0.717) is 0 Å². The molecule has 0 fully saturated rings. The molecule has 1 aromatic rings. The summed E-state index contributed by atoms with van der Waals surface area (Å²) in [6.45, 7) is 1.64.